The molecular formula is C16H15ClO. The van der Waals surface area contributed by atoms with Crippen LogP contribution in [0.25, 0.3) is 11.1 Å². The Balaban J connectivity index is 2.50. The minimum atomic E-state index is 0.650. The van der Waals surface area contributed by atoms with Gasteiger partial charge in [0.2, 0.25) is 0 Å². The van der Waals surface area contributed by atoms with Crippen molar-refractivity contribution in [2.45, 2.75) is 19.8 Å². The largest absolute Gasteiger partial charge is 0.298 e. The number of aldehydes is 1. The van der Waals surface area contributed by atoms with Crippen molar-refractivity contribution in [2.75, 3.05) is 0 Å². The van der Waals surface area contributed by atoms with Crippen molar-refractivity contribution >= 4 is 17.9 Å². The first-order valence-corrected chi connectivity index (χ1v) is 6.46. The van der Waals surface area contributed by atoms with Crippen LogP contribution >= 0.6 is 11.6 Å². The third kappa shape index (κ3) is 2.80. The van der Waals surface area contributed by atoms with E-state index in [2.05, 4.69) is 19.1 Å². The second-order valence-electron chi connectivity index (χ2n) is 4.30. The number of rotatable bonds is 4. The highest BCUT2D eigenvalue weighted by Crippen LogP contribution is 2.27. The Hall–Kier alpha value is -1.60. The summed E-state index contributed by atoms with van der Waals surface area (Å²) >= 11 is 6.01. The van der Waals surface area contributed by atoms with Crippen LogP contribution in [0.15, 0.2) is 42.5 Å². The summed E-state index contributed by atoms with van der Waals surface area (Å²) < 4.78 is 0. The van der Waals surface area contributed by atoms with Crippen molar-refractivity contribution in [1.82, 2.24) is 0 Å². The molecule has 2 rings (SSSR count). The summed E-state index contributed by atoms with van der Waals surface area (Å²) in [7, 11) is 0. The van der Waals surface area contributed by atoms with Crippen LogP contribution in [0.3, 0.4) is 0 Å². The summed E-state index contributed by atoms with van der Waals surface area (Å²) in [5.74, 6) is 0. The molecule has 0 aliphatic carbocycles. The molecule has 0 amide bonds. The molecule has 2 aromatic rings. The van der Waals surface area contributed by atoms with Gasteiger partial charge in [-0.2, -0.15) is 0 Å². The molecule has 2 aromatic carbocycles. The lowest BCUT2D eigenvalue weighted by atomic mass is 9.97. The van der Waals surface area contributed by atoms with E-state index in [-0.39, 0.29) is 0 Å². The monoisotopic (exact) mass is 258 g/mol. The van der Waals surface area contributed by atoms with Crippen LogP contribution in [-0.4, -0.2) is 6.29 Å². The first-order chi connectivity index (χ1) is 8.74. The number of hydrogen-bond acceptors (Lipinski definition) is 1. The molecule has 0 aliphatic rings. The standard InChI is InChI=1S/C16H15ClO/c1-2-4-12-5-3-6-13(9-12)16-10-15(17)8-7-14(16)11-18/h3,5-11H,2,4H2,1H3. The summed E-state index contributed by atoms with van der Waals surface area (Å²) in [5.41, 5.74) is 3.90. The zero-order valence-electron chi connectivity index (χ0n) is 10.3. The van der Waals surface area contributed by atoms with Gasteiger partial charge in [0.15, 0.2) is 6.29 Å². The molecule has 1 nitrogen and oxygen atoms in total. The minimum absolute atomic E-state index is 0.650. The fourth-order valence-electron chi connectivity index (χ4n) is 2.06. The maximum absolute atomic E-state index is 11.1. The first kappa shape index (κ1) is 12.8. The molecule has 0 spiro atoms. The molecule has 0 saturated heterocycles. The molecule has 0 atom stereocenters. The summed E-state index contributed by atoms with van der Waals surface area (Å²) in [6.45, 7) is 2.16. The molecule has 0 bridgehead atoms. The zero-order valence-corrected chi connectivity index (χ0v) is 11.1. The number of hydrogen-bond donors (Lipinski definition) is 0. The number of benzene rings is 2. The third-order valence-corrected chi connectivity index (χ3v) is 3.15. The molecule has 92 valence electrons. The smallest absolute Gasteiger partial charge is 0.150 e. The Morgan fingerprint density at radius 1 is 1.17 bits per heavy atom. The van der Waals surface area contributed by atoms with E-state index in [1.807, 2.05) is 18.2 Å². The fourth-order valence-corrected chi connectivity index (χ4v) is 2.24. The summed E-state index contributed by atoms with van der Waals surface area (Å²) in [6.07, 6.45) is 3.03. The van der Waals surface area contributed by atoms with Gasteiger partial charge in [-0.3, -0.25) is 4.79 Å². The predicted octanol–water partition coefficient (Wildman–Crippen LogP) is 4.77. The lowest BCUT2D eigenvalue weighted by Crippen LogP contribution is -1.89. The van der Waals surface area contributed by atoms with Crippen molar-refractivity contribution in [3.63, 3.8) is 0 Å². The molecule has 0 unspecified atom stereocenters. The summed E-state index contributed by atoms with van der Waals surface area (Å²) in [5, 5.41) is 0.650. The maximum atomic E-state index is 11.1. The predicted molar refractivity (Wildman–Crippen MR) is 76.3 cm³/mol. The number of carbonyl (C=O) groups is 1. The maximum Gasteiger partial charge on any atom is 0.150 e. The summed E-state index contributed by atoms with van der Waals surface area (Å²) in [4.78, 5) is 11.1. The highest BCUT2D eigenvalue weighted by atomic mass is 35.5. The van der Waals surface area contributed by atoms with E-state index < -0.39 is 0 Å². The highest BCUT2D eigenvalue weighted by molar-refractivity contribution is 6.31. The Bertz CT molecular complexity index is 561. The van der Waals surface area contributed by atoms with Crippen LogP contribution in [0.4, 0.5) is 0 Å². The Morgan fingerprint density at radius 3 is 2.72 bits per heavy atom. The third-order valence-electron chi connectivity index (χ3n) is 2.92. The van der Waals surface area contributed by atoms with Crippen LogP contribution in [0.1, 0.15) is 29.3 Å². The van der Waals surface area contributed by atoms with E-state index in [1.54, 1.807) is 12.1 Å². The van der Waals surface area contributed by atoms with Gasteiger partial charge in [-0.05, 0) is 41.3 Å². The van der Waals surface area contributed by atoms with Gasteiger partial charge in [0.05, 0.1) is 0 Å². The van der Waals surface area contributed by atoms with Crippen LogP contribution in [0.2, 0.25) is 5.02 Å². The second-order valence-corrected chi connectivity index (χ2v) is 4.74. The van der Waals surface area contributed by atoms with E-state index in [1.165, 1.54) is 5.56 Å². The van der Waals surface area contributed by atoms with Gasteiger partial charge in [0.1, 0.15) is 0 Å². The molecule has 0 aliphatic heterocycles. The molecule has 18 heavy (non-hydrogen) atoms. The molecule has 0 fully saturated rings. The normalized spacial score (nSPS) is 10.3. The second kappa shape index (κ2) is 5.83. The van der Waals surface area contributed by atoms with Crippen LogP contribution in [-0.2, 0) is 6.42 Å². The van der Waals surface area contributed by atoms with Gasteiger partial charge in [-0.1, -0.05) is 49.2 Å². The topological polar surface area (TPSA) is 17.1 Å². The molecule has 0 aromatic heterocycles. The van der Waals surface area contributed by atoms with E-state index >= 15 is 0 Å². The molecule has 0 saturated carbocycles. The Labute approximate surface area is 112 Å². The van der Waals surface area contributed by atoms with Gasteiger partial charge < -0.3 is 0 Å². The first-order valence-electron chi connectivity index (χ1n) is 6.08. The van der Waals surface area contributed by atoms with Crippen molar-refractivity contribution in [3.8, 4) is 11.1 Å². The zero-order chi connectivity index (χ0) is 13.0. The van der Waals surface area contributed by atoms with Crippen LogP contribution in [0, 0.1) is 0 Å². The lowest BCUT2D eigenvalue weighted by Gasteiger charge is -2.08. The Morgan fingerprint density at radius 2 is 2.00 bits per heavy atom. The van der Waals surface area contributed by atoms with Crippen molar-refractivity contribution in [2.24, 2.45) is 0 Å². The number of aryl methyl sites for hydroxylation is 1. The van der Waals surface area contributed by atoms with E-state index in [0.717, 1.165) is 30.3 Å². The molecule has 0 heterocycles. The summed E-state index contributed by atoms with van der Waals surface area (Å²) in [6, 6.07) is 13.6. The van der Waals surface area contributed by atoms with Crippen molar-refractivity contribution in [3.05, 3.63) is 58.6 Å². The van der Waals surface area contributed by atoms with Crippen molar-refractivity contribution < 1.29 is 4.79 Å². The fraction of sp³-hybridized carbons (Fsp3) is 0.188. The van der Waals surface area contributed by atoms with Gasteiger partial charge in [-0.15, -0.1) is 0 Å². The van der Waals surface area contributed by atoms with E-state index in [9.17, 15) is 4.79 Å². The molecule has 0 radical (unpaired) electrons. The van der Waals surface area contributed by atoms with Gasteiger partial charge in [-0.25, -0.2) is 0 Å². The Kier molecular flexibility index (Phi) is 4.16. The highest BCUT2D eigenvalue weighted by Gasteiger charge is 2.06. The van der Waals surface area contributed by atoms with Gasteiger partial charge >= 0.3 is 0 Å². The SMILES string of the molecule is CCCc1cccc(-c2cc(Cl)ccc2C=O)c1. The van der Waals surface area contributed by atoms with E-state index in [0.29, 0.717) is 10.6 Å². The van der Waals surface area contributed by atoms with Gasteiger partial charge in [0, 0.05) is 10.6 Å². The molecule has 2 heteroatoms. The van der Waals surface area contributed by atoms with E-state index in [4.69, 9.17) is 11.6 Å². The average molecular weight is 259 g/mol. The van der Waals surface area contributed by atoms with Gasteiger partial charge in [0.25, 0.3) is 0 Å². The average Bonchev–Trinajstić information content (AvgIpc) is 2.39. The number of halogens is 1. The molecule has 0 N–H and O–H groups in total. The quantitative estimate of drug-likeness (QED) is 0.722. The number of carbonyl (C=O) groups excluding carboxylic acids is 1. The van der Waals surface area contributed by atoms with Crippen molar-refractivity contribution in [1.29, 1.82) is 0 Å². The molecular weight excluding hydrogens is 244 g/mol. The minimum Gasteiger partial charge on any atom is -0.298 e. The lowest BCUT2D eigenvalue weighted by molar-refractivity contribution is 0.112. The van der Waals surface area contributed by atoms with Crippen LogP contribution in [0.5, 0.6) is 0 Å². The van der Waals surface area contributed by atoms with Crippen LogP contribution < -0.4 is 0 Å².